The Bertz CT molecular complexity index is 1270. The fourth-order valence-corrected chi connectivity index (χ4v) is 6.26. The number of carbonyl (C=O) groups excluding carboxylic acids is 1. The van der Waals surface area contributed by atoms with E-state index < -0.39 is 26.9 Å². The monoisotopic (exact) mass is 482 g/mol. The summed E-state index contributed by atoms with van der Waals surface area (Å²) >= 11 is 1.07. The van der Waals surface area contributed by atoms with Crippen molar-refractivity contribution in [3.05, 3.63) is 44.9 Å². The summed E-state index contributed by atoms with van der Waals surface area (Å²) in [4.78, 5) is 37.8. The fraction of sp³-hybridized carbons (Fsp3) is 0.526. The molecule has 11 nitrogen and oxygen atoms in total. The van der Waals surface area contributed by atoms with Gasteiger partial charge < -0.3 is 10.3 Å². The zero-order chi connectivity index (χ0) is 23.6. The Labute approximate surface area is 189 Å². The Balaban J connectivity index is 1.88. The number of thioether (sulfide) groups is 1. The number of nitrogens with zero attached hydrogens (tertiary/aromatic N) is 5. The van der Waals surface area contributed by atoms with Crippen molar-refractivity contribution in [2.45, 2.75) is 43.9 Å². The van der Waals surface area contributed by atoms with Crippen molar-refractivity contribution in [3.8, 4) is 0 Å². The molecule has 0 amide bonds. The SMILES string of the molecule is C=CCn1c(SCC(=O)c2c(N)n(CCC)c(=O)n(C)c2=O)nnc1C1CCS(=O)(=O)C1. The summed E-state index contributed by atoms with van der Waals surface area (Å²) in [5.41, 5.74) is 4.47. The van der Waals surface area contributed by atoms with Gasteiger partial charge in [-0.2, -0.15) is 0 Å². The Morgan fingerprint density at radius 3 is 2.62 bits per heavy atom. The van der Waals surface area contributed by atoms with Crippen LogP contribution in [0.3, 0.4) is 0 Å². The van der Waals surface area contributed by atoms with Gasteiger partial charge in [-0.1, -0.05) is 24.8 Å². The first-order valence-corrected chi connectivity index (χ1v) is 12.9. The van der Waals surface area contributed by atoms with Crippen LogP contribution in [0.1, 0.15) is 41.9 Å². The first-order chi connectivity index (χ1) is 15.1. The number of nitrogen functional groups attached to an aromatic ring is 1. The van der Waals surface area contributed by atoms with Gasteiger partial charge in [-0.25, -0.2) is 13.2 Å². The summed E-state index contributed by atoms with van der Waals surface area (Å²) < 4.78 is 27.5. The first-order valence-electron chi connectivity index (χ1n) is 10.1. The summed E-state index contributed by atoms with van der Waals surface area (Å²) in [6, 6.07) is 0. The molecule has 3 heterocycles. The van der Waals surface area contributed by atoms with Crippen LogP contribution in [0.25, 0.3) is 0 Å². The molecule has 2 N–H and O–H groups in total. The molecular weight excluding hydrogens is 456 g/mol. The Morgan fingerprint density at radius 1 is 1.31 bits per heavy atom. The first kappa shape index (κ1) is 24.0. The summed E-state index contributed by atoms with van der Waals surface area (Å²) in [7, 11) is -1.79. The predicted octanol–water partition coefficient (Wildman–Crippen LogP) is 0.194. The number of aromatic nitrogens is 5. The van der Waals surface area contributed by atoms with Crippen LogP contribution in [-0.4, -0.2) is 55.4 Å². The normalized spacial score (nSPS) is 17.5. The van der Waals surface area contributed by atoms with Crippen LogP contribution in [-0.2, 0) is 30.0 Å². The van der Waals surface area contributed by atoms with Gasteiger partial charge >= 0.3 is 5.69 Å². The van der Waals surface area contributed by atoms with Gasteiger partial charge in [0.15, 0.2) is 20.8 Å². The number of anilines is 1. The molecule has 13 heteroatoms. The molecule has 1 fully saturated rings. The maximum absolute atomic E-state index is 12.9. The van der Waals surface area contributed by atoms with Crippen molar-refractivity contribution in [1.82, 2.24) is 23.9 Å². The van der Waals surface area contributed by atoms with E-state index in [1.807, 2.05) is 6.92 Å². The molecule has 0 aromatic carbocycles. The number of allylic oxidation sites excluding steroid dienone is 1. The third kappa shape index (κ3) is 4.58. The number of nitrogens with two attached hydrogens (primary N) is 1. The average Bonchev–Trinajstić information content (AvgIpc) is 3.31. The van der Waals surface area contributed by atoms with Gasteiger partial charge in [-0.05, 0) is 12.8 Å². The number of rotatable bonds is 9. The molecule has 0 radical (unpaired) electrons. The molecule has 1 saturated heterocycles. The van der Waals surface area contributed by atoms with Gasteiger partial charge in [0.2, 0.25) is 0 Å². The average molecular weight is 483 g/mol. The highest BCUT2D eigenvalue weighted by atomic mass is 32.2. The molecule has 2 aromatic rings. The van der Waals surface area contributed by atoms with Gasteiger partial charge in [-0.15, -0.1) is 16.8 Å². The largest absolute Gasteiger partial charge is 0.384 e. The number of Topliss-reactive ketones (excluding diaryl/α,β-unsaturated/α-hetero) is 1. The minimum Gasteiger partial charge on any atom is -0.384 e. The van der Waals surface area contributed by atoms with E-state index >= 15 is 0 Å². The van der Waals surface area contributed by atoms with Crippen LogP contribution >= 0.6 is 11.8 Å². The lowest BCUT2D eigenvalue weighted by atomic mass is 10.1. The molecule has 2 aromatic heterocycles. The standard InChI is InChI=1S/C19H26N6O5S2/c1-4-7-24-15(20)14(17(27)23(3)19(24)28)13(26)10-31-18-22-21-16(25(18)8-5-2)12-6-9-32(29,30)11-12/h5,12H,2,4,6-11,20H2,1,3H3. The molecule has 0 spiro atoms. The maximum Gasteiger partial charge on any atom is 0.332 e. The molecule has 0 bridgehead atoms. The summed E-state index contributed by atoms with van der Waals surface area (Å²) in [6.45, 7) is 6.21. The molecule has 1 aliphatic rings. The van der Waals surface area contributed by atoms with E-state index in [0.717, 1.165) is 16.3 Å². The maximum atomic E-state index is 12.9. The van der Waals surface area contributed by atoms with Crippen LogP contribution in [0.5, 0.6) is 0 Å². The van der Waals surface area contributed by atoms with Crippen molar-refractivity contribution in [2.75, 3.05) is 23.0 Å². The number of carbonyl (C=O) groups is 1. The van der Waals surface area contributed by atoms with E-state index in [-0.39, 0.29) is 41.1 Å². The van der Waals surface area contributed by atoms with E-state index in [4.69, 9.17) is 5.73 Å². The Morgan fingerprint density at radius 2 is 2.03 bits per heavy atom. The molecule has 0 aliphatic carbocycles. The van der Waals surface area contributed by atoms with E-state index in [2.05, 4.69) is 16.8 Å². The summed E-state index contributed by atoms with van der Waals surface area (Å²) in [5.74, 6) is -0.438. The van der Waals surface area contributed by atoms with Crippen molar-refractivity contribution < 1.29 is 13.2 Å². The van der Waals surface area contributed by atoms with Crippen LogP contribution in [0.15, 0.2) is 27.4 Å². The summed E-state index contributed by atoms with van der Waals surface area (Å²) in [5, 5.41) is 8.70. The molecular formula is C19H26N6O5S2. The van der Waals surface area contributed by atoms with Crippen molar-refractivity contribution in [3.63, 3.8) is 0 Å². The molecule has 1 aliphatic heterocycles. The number of ketones is 1. The Hall–Kier alpha value is -2.67. The van der Waals surface area contributed by atoms with Gasteiger partial charge in [0.1, 0.15) is 17.2 Å². The highest BCUT2D eigenvalue weighted by Crippen LogP contribution is 2.30. The molecule has 32 heavy (non-hydrogen) atoms. The van der Waals surface area contributed by atoms with Gasteiger partial charge in [0, 0.05) is 26.1 Å². The zero-order valence-electron chi connectivity index (χ0n) is 18.0. The van der Waals surface area contributed by atoms with Gasteiger partial charge in [0.25, 0.3) is 5.56 Å². The fourth-order valence-electron chi connectivity index (χ4n) is 3.70. The third-order valence-electron chi connectivity index (χ3n) is 5.30. The Kier molecular flexibility index (Phi) is 7.08. The third-order valence-corrected chi connectivity index (χ3v) is 8.03. The molecule has 1 unspecified atom stereocenters. The second kappa shape index (κ2) is 9.45. The number of hydrogen-bond acceptors (Lipinski definition) is 9. The van der Waals surface area contributed by atoms with Crippen LogP contribution in [0, 0.1) is 0 Å². The zero-order valence-corrected chi connectivity index (χ0v) is 19.6. The molecule has 174 valence electrons. The lowest BCUT2D eigenvalue weighted by molar-refractivity contribution is 0.102. The lowest BCUT2D eigenvalue weighted by Gasteiger charge is -2.14. The van der Waals surface area contributed by atoms with E-state index in [0.29, 0.717) is 30.4 Å². The van der Waals surface area contributed by atoms with Crippen LogP contribution in [0.4, 0.5) is 5.82 Å². The molecule has 3 rings (SSSR count). The van der Waals surface area contributed by atoms with Crippen LogP contribution in [0.2, 0.25) is 0 Å². The van der Waals surface area contributed by atoms with Gasteiger partial charge in [0.05, 0.1) is 17.3 Å². The van der Waals surface area contributed by atoms with Gasteiger partial charge in [-0.3, -0.25) is 18.7 Å². The number of hydrogen-bond donors (Lipinski definition) is 1. The van der Waals surface area contributed by atoms with Crippen molar-refractivity contribution in [2.24, 2.45) is 7.05 Å². The quantitative estimate of drug-likeness (QED) is 0.300. The predicted molar refractivity (Wildman–Crippen MR) is 122 cm³/mol. The minimum absolute atomic E-state index is 0.0113. The lowest BCUT2D eigenvalue weighted by Crippen LogP contribution is -2.42. The minimum atomic E-state index is -3.10. The highest BCUT2D eigenvalue weighted by molar-refractivity contribution is 7.99. The molecule has 1 atom stereocenters. The second-order valence-corrected chi connectivity index (χ2v) is 10.8. The molecule has 0 saturated carbocycles. The topological polar surface area (TPSA) is 152 Å². The summed E-state index contributed by atoms with van der Waals surface area (Å²) in [6.07, 6.45) is 2.71. The smallest absolute Gasteiger partial charge is 0.332 e. The van der Waals surface area contributed by atoms with Crippen LogP contribution < -0.4 is 17.0 Å². The highest BCUT2D eigenvalue weighted by Gasteiger charge is 2.33. The van der Waals surface area contributed by atoms with Crippen molar-refractivity contribution in [1.29, 1.82) is 0 Å². The number of sulfone groups is 1. The van der Waals surface area contributed by atoms with E-state index in [9.17, 15) is 22.8 Å². The second-order valence-electron chi connectivity index (χ2n) is 7.61. The van der Waals surface area contributed by atoms with E-state index in [1.54, 1.807) is 10.6 Å². The van der Waals surface area contributed by atoms with E-state index in [1.165, 1.54) is 11.6 Å². The van der Waals surface area contributed by atoms with Crippen molar-refractivity contribution >= 4 is 33.2 Å².